The average molecular weight is 395 g/mol. The third kappa shape index (κ3) is 3.28. The van der Waals surface area contributed by atoms with Crippen LogP contribution in [0.3, 0.4) is 0 Å². The number of hydrogen-bond donors (Lipinski definition) is 0. The molecule has 0 unspecified atom stereocenters. The summed E-state index contributed by atoms with van der Waals surface area (Å²) in [6.07, 6.45) is 3.65. The SMILES string of the molecule is COc1c(C=C2C=C(C(C)(C)C)OC(C(C)(C)C)=C2[SeH])c(=O)c1=O. The van der Waals surface area contributed by atoms with Gasteiger partial charge in [-0.1, -0.05) is 0 Å². The molecule has 0 amide bonds. The van der Waals surface area contributed by atoms with Crippen molar-refractivity contribution in [3.05, 3.63) is 53.6 Å². The molecule has 0 atom stereocenters. The minimum atomic E-state index is -0.566. The van der Waals surface area contributed by atoms with Crippen molar-refractivity contribution in [1.29, 1.82) is 0 Å². The van der Waals surface area contributed by atoms with Gasteiger partial charge >= 0.3 is 150 Å². The van der Waals surface area contributed by atoms with Crippen LogP contribution >= 0.6 is 0 Å². The van der Waals surface area contributed by atoms with Gasteiger partial charge in [0, 0.05) is 0 Å². The van der Waals surface area contributed by atoms with Crippen molar-refractivity contribution in [2.45, 2.75) is 41.5 Å². The molecular formula is C19H24O4Se. The number of allylic oxidation sites excluding steroid dienone is 5. The summed E-state index contributed by atoms with van der Waals surface area (Å²) in [6.45, 7) is 12.5. The first-order valence-corrected chi connectivity index (χ1v) is 8.75. The van der Waals surface area contributed by atoms with Gasteiger partial charge in [0.15, 0.2) is 0 Å². The first-order valence-electron chi connectivity index (χ1n) is 7.81. The van der Waals surface area contributed by atoms with Gasteiger partial charge in [0.05, 0.1) is 0 Å². The van der Waals surface area contributed by atoms with Gasteiger partial charge in [0.2, 0.25) is 0 Å². The van der Waals surface area contributed by atoms with Crippen LogP contribution in [0.5, 0.6) is 5.75 Å². The van der Waals surface area contributed by atoms with Crippen LogP contribution in [0.1, 0.15) is 47.1 Å². The van der Waals surface area contributed by atoms with E-state index in [0.29, 0.717) is 5.56 Å². The quantitative estimate of drug-likeness (QED) is 0.571. The summed E-state index contributed by atoms with van der Waals surface area (Å²) in [4.78, 5) is 23.4. The minimum absolute atomic E-state index is 0.127. The fourth-order valence-electron chi connectivity index (χ4n) is 2.39. The van der Waals surface area contributed by atoms with E-state index in [4.69, 9.17) is 9.47 Å². The van der Waals surface area contributed by atoms with E-state index < -0.39 is 10.9 Å². The average Bonchev–Trinajstić information content (AvgIpc) is 2.45. The molecule has 130 valence electrons. The molecule has 0 saturated heterocycles. The normalized spacial score (nSPS) is 18.0. The fraction of sp³-hybridized carbons (Fsp3) is 0.474. The zero-order valence-electron chi connectivity index (χ0n) is 15.2. The van der Waals surface area contributed by atoms with Crippen molar-refractivity contribution in [2.24, 2.45) is 10.8 Å². The van der Waals surface area contributed by atoms with E-state index >= 15 is 0 Å². The number of hydrogen-bond acceptors (Lipinski definition) is 4. The predicted molar refractivity (Wildman–Crippen MR) is 98.1 cm³/mol. The van der Waals surface area contributed by atoms with E-state index in [2.05, 4.69) is 57.6 Å². The number of ether oxygens (including phenoxy) is 2. The summed E-state index contributed by atoms with van der Waals surface area (Å²) in [6, 6.07) is 0. The monoisotopic (exact) mass is 396 g/mol. The molecule has 0 radical (unpaired) electrons. The Morgan fingerprint density at radius 2 is 1.62 bits per heavy atom. The van der Waals surface area contributed by atoms with Crippen molar-refractivity contribution in [3.63, 3.8) is 0 Å². The zero-order valence-corrected chi connectivity index (χ0v) is 17.1. The van der Waals surface area contributed by atoms with Crippen molar-refractivity contribution in [2.75, 3.05) is 7.11 Å². The summed E-state index contributed by atoms with van der Waals surface area (Å²) >= 11 is 2.51. The van der Waals surface area contributed by atoms with Crippen molar-refractivity contribution in [3.8, 4) is 5.75 Å². The summed E-state index contributed by atoms with van der Waals surface area (Å²) in [5, 5.41) is 0. The molecule has 0 aromatic heterocycles. The van der Waals surface area contributed by atoms with E-state index in [1.54, 1.807) is 6.08 Å². The van der Waals surface area contributed by atoms with Crippen LogP contribution < -0.4 is 15.6 Å². The molecule has 0 bridgehead atoms. The topological polar surface area (TPSA) is 52.6 Å². The van der Waals surface area contributed by atoms with E-state index in [1.165, 1.54) is 7.11 Å². The maximum atomic E-state index is 11.9. The van der Waals surface area contributed by atoms with Crippen LogP contribution in [0, 0.1) is 10.8 Å². The first-order chi connectivity index (χ1) is 10.9. The van der Waals surface area contributed by atoms with E-state index in [0.717, 1.165) is 21.6 Å². The van der Waals surface area contributed by atoms with Gasteiger partial charge in [-0.2, -0.15) is 0 Å². The molecule has 0 N–H and O–H groups in total. The van der Waals surface area contributed by atoms with Gasteiger partial charge in [0.25, 0.3) is 0 Å². The van der Waals surface area contributed by atoms with Gasteiger partial charge in [-0.25, -0.2) is 0 Å². The molecule has 5 heteroatoms. The molecule has 1 aromatic carbocycles. The molecular weight excluding hydrogens is 371 g/mol. The van der Waals surface area contributed by atoms with E-state index in [-0.39, 0.29) is 16.6 Å². The molecule has 1 heterocycles. The Morgan fingerprint density at radius 3 is 2.08 bits per heavy atom. The van der Waals surface area contributed by atoms with Crippen LogP contribution in [-0.4, -0.2) is 23.1 Å². The van der Waals surface area contributed by atoms with Gasteiger partial charge in [-0.05, 0) is 0 Å². The van der Waals surface area contributed by atoms with Crippen LogP contribution in [0.15, 0.2) is 37.2 Å². The standard InChI is InChI=1S/C19H24O4Se/c1-18(2,3)12-9-10(16(24)17(23-12)19(4,5)6)8-11-13(20)14(21)15(11)22-7/h8-9,24H,1-7H3. The summed E-state index contributed by atoms with van der Waals surface area (Å²) < 4.78 is 12.1. The Balaban J connectivity index is 2.66. The Hall–Kier alpha value is -1.58. The summed E-state index contributed by atoms with van der Waals surface area (Å²) in [5.74, 6) is 1.80. The first kappa shape index (κ1) is 18.8. The summed E-state index contributed by atoms with van der Waals surface area (Å²) in [7, 11) is 1.40. The Kier molecular flexibility index (Phi) is 4.73. The summed E-state index contributed by atoms with van der Waals surface area (Å²) in [5.41, 5.74) is -0.273. The Bertz CT molecular complexity index is 832. The molecule has 0 aliphatic carbocycles. The third-order valence-corrected chi connectivity index (χ3v) is 4.78. The number of rotatable bonds is 2. The van der Waals surface area contributed by atoms with E-state index in [1.807, 2.05) is 6.08 Å². The van der Waals surface area contributed by atoms with E-state index in [9.17, 15) is 9.59 Å². The molecule has 0 fully saturated rings. The third-order valence-electron chi connectivity index (χ3n) is 3.81. The fourth-order valence-corrected chi connectivity index (χ4v) is 3.46. The Labute approximate surface area is 150 Å². The molecule has 0 saturated carbocycles. The second kappa shape index (κ2) is 6.05. The second-order valence-electron chi connectivity index (χ2n) is 7.99. The molecule has 4 nitrogen and oxygen atoms in total. The zero-order chi connectivity index (χ0) is 18.4. The van der Waals surface area contributed by atoms with Gasteiger partial charge in [-0.15, -0.1) is 0 Å². The van der Waals surface area contributed by atoms with Crippen LogP contribution in [0.2, 0.25) is 0 Å². The van der Waals surface area contributed by atoms with Crippen molar-refractivity contribution in [1.82, 2.24) is 0 Å². The van der Waals surface area contributed by atoms with Crippen LogP contribution in [0.4, 0.5) is 0 Å². The molecule has 1 aliphatic heterocycles. The van der Waals surface area contributed by atoms with Crippen LogP contribution in [0.25, 0.3) is 6.08 Å². The Morgan fingerprint density at radius 1 is 1.04 bits per heavy atom. The van der Waals surface area contributed by atoms with Crippen molar-refractivity contribution < 1.29 is 9.47 Å². The van der Waals surface area contributed by atoms with Gasteiger partial charge < -0.3 is 0 Å². The van der Waals surface area contributed by atoms with Gasteiger partial charge in [0.1, 0.15) is 0 Å². The number of methoxy groups -OCH3 is 1. The predicted octanol–water partition coefficient (Wildman–Crippen LogP) is 2.79. The molecule has 24 heavy (non-hydrogen) atoms. The molecule has 2 rings (SSSR count). The second-order valence-corrected chi connectivity index (χ2v) is 8.93. The maximum absolute atomic E-state index is 11.9. The molecule has 1 aromatic rings. The van der Waals surface area contributed by atoms with Gasteiger partial charge in [-0.3, -0.25) is 0 Å². The molecule has 0 spiro atoms. The van der Waals surface area contributed by atoms with Crippen molar-refractivity contribution >= 4 is 22.1 Å². The van der Waals surface area contributed by atoms with Crippen LogP contribution in [-0.2, 0) is 4.74 Å². The molecule has 1 aliphatic rings.